The number of aromatic nitrogens is 2. The summed E-state index contributed by atoms with van der Waals surface area (Å²) in [6.07, 6.45) is 8.05. The number of rotatable bonds is 5. The lowest BCUT2D eigenvalue weighted by atomic mass is 10.0. The van der Waals surface area contributed by atoms with Gasteiger partial charge in [0.1, 0.15) is 0 Å². The molecular formula is C20H27N3O2. The van der Waals surface area contributed by atoms with Crippen molar-refractivity contribution < 1.29 is 9.47 Å². The van der Waals surface area contributed by atoms with Crippen molar-refractivity contribution in [3.63, 3.8) is 0 Å². The number of piperidine rings is 1. The van der Waals surface area contributed by atoms with Crippen molar-refractivity contribution in [1.82, 2.24) is 10.2 Å². The average Bonchev–Trinajstić information content (AvgIpc) is 3.08. The van der Waals surface area contributed by atoms with E-state index in [4.69, 9.17) is 9.47 Å². The van der Waals surface area contributed by atoms with Gasteiger partial charge in [-0.15, -0.1) is 5.10 Å². The van der Waals surface area contributed by atoms with Crippen molar-refractivity contribution in [1.29, 1.82) is 0 Å². The Kier molecular flexibility index (Phi) is 5.35. The molecule has 0 N–H and O–H groups in total. The van der Waals surface area contributed by atoms with E-state index in [1.807, 2.05) is 12.2 Å². The Morgan fingerprint density at radius 1 is 1.12 bits per heavy atom. The molecule has 134 valence electrons. The van der Waals surface area contributed by atoms with E-state index in [0.717, 1.165) is 49.4 Å². The van der Waals surface area contributed by atoms with Crippen molar-refractivity contribution in [2.45, 2.75) is 38.9 Å². The third kappa shape index (κ3) is 3.67. The summed E-state index contributed by atoms with van der Waals surface area (Å²) in [4.78, 5) is 2.30. The molecule has 2 aliphatic heterocycles. The summed E-state index contributed by atoms with van der Waals surface area (Å²) >= 11 is 0. The van der Waals surface area contributed by atoms with Gasteiger partial charge in [-0.2, -0.15) is 5.10 Å². The van der Waals surface area contributed by atoms with E-state index in [-0.39, 0.29) is 5.79 Å². The minimum Gasteiger partial charge on any atom is -0.354 e. The number of nitrogens with zero attached hydrogens (tertiary/aromatic N) is 3. The van der Waals surface area contributed by atoms with Crippen LogP contribution in [0.1, 0.15) is 29.7 Å². The minimum atomic E-state index is -0.360. The Balaban J connectivity index is 1.75. The molecule has 0 aromatic carbocycles. The van der Waals surface area contributed by atoms with Crippen molar-refractivity contribution >= 4 is 5.82 Å². The van der Waals surface area contributed by atoms with Gasteiger partial charge in [-0.05, 0) is 30.5 Å². The zero-order valence-electron chi connectivity index (χ0n) is 15.3. The van der Waals surface area contributed by atoms with Gasteiger partial charge >= 0.3 is 0 Å². The highest BCUT2D eigenvalue weighted by molar-refractivity contribution is 5.51. The fraction of sp³-hybridized carbons (Fsp3) is 0.500. The number of hydrogen-bond acceptors (Lipinski definition) is 5. The van der Waals surface area contributed by atoms with Gasteiger partial charge in [0.15, 0.2) is 11.6 Å². The summed E-state index contributed by atoms with van der Waals surface area (Å²) in [6.45, 7) is 15.0. The molecule has 2 fully saturated rings. The van der Waals surface area contributed by atoms with Crippen LogP contribution in [-0.2, 0) is 15.9 Å². The van der Waals surface area contributed by atoms with Crippen LogP contribution in [0.15, 0.2) is 37.0 Å². The molecule has 0 radical (unpaired) electrons. The summed E-state index contributed by atoms with van der Waals surface area (Å²) in [6, 6.07) is 0. The van der Waals surface area contributed by atoms with Gasteiger partial charge in [-0.25, -0.2) is 0 Å². The third-order valence-corrected chi connectivity index (χ3v) is 5.20. The molecule has 1 aromatic rings. The second-order valence-corrected chi connectivity index (χ2v) is 6.67. The van der Waals surface area contributed by atoms with E-state index >= 15 is 0 Å². The predicted molar refractivity (Wildman–Crippen MR) is 99.8 cm³/mol. The maximum Gasteiger partial charge on any atom is 0.171 e. The molecule has 0 bridgehead atoms. The normalized spacial score (nSPS) is 20.1. The SMILES string of the molecule is C=C/C=C(\C=C)Cc1nnc(N2CCC3(CC2)OCCO3)c(C)c1C. The molecule has 0 amide bonds. The minimum absolute atomic E-state index is 0.360. The van der Waals surface area contributed by atoms with E-state index in [0.29, 0.717) is 13.2 Å². The lowest BCUT2D eigenvalue weighted by Gasteiger charge is -2.38. The maximum absolute atomic E-state index is 5.81. The monoisotopic (exact) mass is 341 g/mol. The first kappa shape index (κ1) is 17.8. The Bertz CT molecular complexity index is 680. The maximum atomic E-state index is 5.81. The second-order valence-electron chi connectivity index (χ2n) is 6.67. The Morgan fingerprint density at radius 2 is 1.80 bits per heavy atom. The molecule has 0 aliphatic carbocycles. The van der Waals surface area contributed by atoms with Crippen LogP contribution in [0.25, 0.3) is 0 Å². The summed E-state index contributed by atoms with van der Waals surface area (Å²) < 4.78 is 11.6. The first-order valence-corrected chi connectivity index (χ1v) is 8.88. The van der Waals surface area contributed by atoms with Crippen molar-refractivity contribution in [3.05, 3.63) is 53.8 Å². The fourth-order valence-electron chi connectivity index (χ4n) is 3.50. The van der Waals surface area contributed by atoms with Gasteiger partial charge in [-0.1, -0.05) is 31.4 Å². The van der Waals surface area contributed by atoms with E-state index in [1.165, 1.54) is 11.1 Å². The van der Waals surface area contributed by atoms with E-state index in [9.17, 15) is 0 Å². The van der Waals surface area contributed by atoms with Gasteiger partial charge < -0.3 is 14.4 Å². The van der Waals surface area contributed by atoms with Crippen LogP contribution in [0, 0.1) is 13.8 Å². The molecule has 5 heteroatoms. The van der Waals surface area contributed by atoms with Crippen molar-refractivity contribution in [3.8, 4) is 0 Å². The molecule has 0 saturated carbocycles. The third-order valence-electron chi connectivity index (χ3n) is 5.20. The summed E-state index contributed by atoms with van der Waals surface area (Å²) in [7, 11) is 0. The number of allylic oxidation sites excluding steroid dienone is 4. The van der Waals surface area contributed by atoms with Crippen LogP contribution >= 0.6 is 0 Å². The van der Waals surface area contributed by atoms with Crippen LogP contribution in [0.4, 0.5) is 5.82 Å². The van der Waals surface area contributed by atoms with Gasteiger partial charge in [0.25, 0.3) is 0 Å². The van der Waals surface area contributed by atoms with Gasteiger partial charge in [0.2, 0.25) is 0 Å². The molecule has 2 aliphatic rings. The highest BCUT2D eigenvalue weighted by atomic mass is 16.7. The first-order valence-electron chi connectivity index (χ1n) is 8.88. The lowest BCUT2D eigenvalue weighted by molar-refractivity contribution is -0.169. The number of hydrogen-bond donors (Lipinski definition) is 0. The summed E-state index contributed by atoms with van der Waals surface area (Å²) in [5.41, 5.74) is 4.46. The molecule has 0 unspecified atom stereocenters. The Morgan fingerprint density at radius 3 is 2.40 bits per heavy atom. The molecule has 0 atom stereocenters. The molecule has 2 saturated heterocycles. The summed E-state index contributed by atoms with van der Waals surface area (Å²) in [5.74, 6) is 0.614. The zero-order valence-corrected chi connectivity index (χ0v) is 15.3. The highest BCUT2D eigenvalue weighted by Gasteiger charge is 2.40. The zero-order chi connectivity index (χ0) is 17.9. The van der Waals surface area contributed by atoms with Gasteiger partial charge in [0, 0.05) is 32.4 Å². The second kappa shape index (κ2) is 7.50. The van der Waals surface area contributed by atoms with Crippen molar-refractivity contribution in [2.75, 3.05) is 31.2 Å². The Hall–Kier alpha value is -1.98. The van der Waals surface area contributed by atoms with E-state index in [2.05, 4.69) is 42.1 Å². The van der Waals surface area contributed by atoms with Crippen LogP contribution < -0.4 is 4.90 Å². The lowest BCUT2D eigenvalue weighted by Crippen LogP contribution is -2.45. The van der Waals surface area contributed by atoms with E-state index < -0.39 is 0 Å². The van der Waals surface area contributed by atoms with Crippen LogP contribution in [0.2, 0.25) is 0 Å². The largest absolute Gasteiger partial charge is 0.354 e. The van der Waals surface area contributed by atoms with Crippen LogP contribution in [0.3, 0.4) is 0 Å². The molecule has 3 heterocycles. The smallest absolute Gasteiger partial charge is 0.171 e. The highest BCUT2D eigenvalue weighted by Crippen LogP contribution is 2.34. The standard InChI is InChI=1S/C20H27N3O2/c1-5-7-17(6-2)14-18-15(3)16(4)19(22-21-18)23-10-8-20(9-11-23)24-12-13-25-20/h5-7H,1-2,8-14H2,3-4H3/b17-7+. The molecule has 5 nitrogen and oxygen atoms in total. The fourth-order valence-corrected chi connectivity index (χ4v) is 3.50. The van der Waals surface area contributed by atoms with E-state index in [1.54, 1.807) is 6.08 Å². The van der Waals surface area contributed by atoms with Crippen LogP contribution in [0.5, 0.6) is 0 Å². The number of anilines is 1. The molecular weight excluding hydrogens is 314 g/mol. The molecule has 1 aromatic heterocycles. The van der Waals surface area contributed by atoms with Gasteiger partial charge in [0.05, 0.1) is 18.9 Å². The molecule has 1 spiro atoms. The molecule has 25 heavy (non-hydrogen) atoms. The average molecular weight is 341 g/mol. The van der Waals surface area contributed by atoms with Gasteiger partial charge in [-0.3, -0.25) is 0 Å². The Labute approximate surface area is 150 Å². The van der Waals surface area contributed by atoms with Crippen molar-refractivity contribution in [2.24, 2.45) is 0 Å². The number of ether oxygens (including phenoxy) is 2. The first-order chi connectivity index (χ1) is 12.1. The quantitative estimate of drug-likeness (QED) is 0.769. The van der Waals surface area contributed by atoms with Crippen LogP contribution in [-0.4, -0.2) is 42.3 Å². The summed E-state index contributed by atoms with van der Waals surface area (Å²) in [5, 5.41) is 9.03. The predicted octanol–water partition coefficient (Wildman–Crippen LogP) is 3.28. The topological polar surface area (TPSA) is 47.5 Å². The molecule has 3 rings (SSSR count).